The Bertz CT molecular complexity index is 937. The normalized spacial score (nSPS) is 10.6. The van der Waals surface area contributed by atoms with Gasteiger partial charge >= 0.3 is 0 Å². The summed E-state index contributed by atoms with van der Waals surface area (Å²) < 4.78 is 5.22. The van der Waals surface area contributed by atoms with Crippen molar-refractivity contribution in [3.63, 3.8) is 0 Å². The highest BCUT2D eigenvalue weighted by Gasteiger charge is 2.15. The molecular formula is C19H17ClN2O2S. The second-order valence-electron chi connectivity index (χ2n) is 5.64. The average molecular weight is 373 g/mol. The predicted octanol–water partition coefficient (Wildman–Crippen LogP) is 5.34. The molecule has 0 spiro atoms. The van der Waals surface area contributed by atoms with E-state index in [4.69, 9.17) is 16.3 Å². The summed E-state index contributed by atoms with van der Waals surface area (Å²) in [6.45, 7) is 4.14. The standard InChI is InChI=1S/C19H17ClN2O2S/c1-11-4-5-13(8-12(11)2)16-10-25-19(21-16)22-18(23)15-9-14(20)6-7-17(15)24-3/h4-10H,1-3H3,(H,21,22,23). The van der Waals surface area contributed by atoms with Crippen LogP contribution in [0.1, 0.15) is 21.5 Å². The molecule has 0 radical (unpaired) electrons. The first-order valence-electron chi connectivity index (χ1n) is 7.66. The summed E-state index contributed by atoms with van der Waals surface area (Å²) in [5.41, 5.74) is 4.68. The van der Waals surface area contributed by atoms with Crippen LogP contribution in [-0.4, -0.2) is 18.0 Å². The smallest absolute Gasteiger partial charge is 0.261 e. The number of amides is 1. The Balaban J connectivity index is 1.83. The van der Waals surface area contributed by atoms with Crippen LogP contribution in [0.3, 0.4) is 0 Å². The van der Waals surface area contributed by atoms with Gasteiger partial charge in [0.25, 0.3) is 5.91 Å². The number of thiazole rings is 1. The van der Waals surface area contributed by atoms with Gasteiger partial charge in [0.1, 0.15) is 5.75 Å². The number of carbonyl (C=O) groups is 1. The van der Waals surface area contributed by atoms with Crippen LogP contribution in [0.4, 0.5) is 5.13 Å². The number of aryl methyl sites for hydroxylation is 2. The Hall–Kier alpha value is -2.37. The first-order valence-corrected chi connectivity index (χ1v) is 8.91. The molecule has 0 aliphatic heterocycles. The fraction of sp³-hybridized carbons (Fsp3) is 0.158. The molecule has 0 saturated heterocycles. The number of carbonyl (C=O) groups excluding carboxylic acids is 1. The van der Waals surface area contributed by atoms with Crippen molar-refractivity contribution >= 4 is 34.0 Å². The van der Waals surface area contributed by atoms with E-state index >= 15 is 0 Å². The Morgan fingerprint density at radius 2 is 1.96 bits per heavy atom. The Morgan fingerprint density at radius 1 is 1.16 bits per heavy atom. The van der Waals surface area contributed by atoms with Crippen molar-refractivity contribution < 1.29 is 9.53 Å². The molecule has 128 valence electrons. The van der Waals surface area contributed by atoms with E-state index in [1.54, 1.807) is 18.2 Å². The van der Waals surface area contributed by atoms with Gasteiger partial charge in [-0.25, -0.2) is 4.98 Å². The van der Waals surface area contributed by atoms with Gasteiger partial charge in [-0.05, 0) is 49.2 Å². The van der Waals surface area contributed by atoms with Crippen LogP contribution in [0, 0.1) is 13.8 Å². The number of ether oxygens (including phenoxy) is 1. The summed E-state index contributed by atoms with van der Waals surface area (Å²) in [6, 6.07) is 11.1. The molecule has 0 aliphatic carbocycles. The summed E-state index contributed by atoms with van der Waals surface area (Å²) in [7, 11) is 1.52. The van der Waals surface area contributed by atoms with Crippen LogP contribution < -0.4 is 10.1 Å². The van der Waals surface area contributed by atoms with E-state index in [0.717, 1.165) is 11.3 Å². The van der Waals surface area contributed by atoms with Crippen molar-refractivity contribution in [2.45, 2.75) is 13.8 Å². The first kappa shape index (κ1) is 17.5. The number of methoxy groups -OCH3 is 1. The number of aromatic nitrogens is 1. The second-order valence-corrected chi connectivity index (χ2v) is 6.93. The quantitative estimate of drug-likeness (QED) is 0.672. The van der Waals surface area contributed by atoms with Gasteiger partial charge < -0.3 is 4.74 Å². The topological polar surface area (TPSA) is 51.2 Å². The number of halogens is 1. The number of nitrogens with one attached hydrogen (secondary N) is 1. The van der Waals surface area contributed by atoms with Gasteiger partial charge in [0.2, 0.25) is 0 Å². The molecule has 0 fully saturated rings. The number of anilines is 1. The highest BCUT2D eigenvalue weighted by molar-refractivity contribution is 7.14. The molecule has 0 saturated carbocycles. The minimum absolute atomic E-state index is 0.305. The summed E-state index contributed by atoms with van der Waals surface area (Å²) in [5.74, 6) is 0.160. The van der Waals surface area contributed by atoms with Crippen molar-refractivity contribution in [1.82, 2.24) is 4.98 Å². The zero-order valence-electron chi connectivity index (χ0n) is 14.1. The maximum atomic E-state index is 12.5. The van der Waals surface area contributed by atoms with Crippen LogP contribution in [0.2, 0.25) is 5.02 Å². The zero-order chi connectivity index (χ0) is 18.0. The lowest BCUT2D eigenvalue weighted by Gasteiger charge is -2.08. The molecule has 6 heteroatoms. The minimum Gasteiger partial charge on any atom is -0.496 e. The lowest BCUT2D eigenvalue weighted by molar-refractivity contribution is 0.102. The monoisotopic (exact) mass is 372 g/mol. The van der Waals surface area contributed by atoms with Crippen LogP contribution in [0.5, 0.6) is 5.75 Å². The number of rotatable bonds is 4. The Morgan fingerprint density at radius 3 is 2.68 bits per heavy atom. The number of benzene rings is 2. The molecule has 0 bridgehead atoms. The summed E-state index contributed by atoms with van der Waals surface area (Å²) in [5, 5.41) is 5.73. The third kappa shape index (κ3) is 3.83. The molecule has 1 amide bonds. The Kier molecular flexibility index (Phi) is 5.06. The summed E-state index contributed by atoms with van der Waals surface area (Å²) >= 11 is 7.36. The van der Waals surface area contributed by atoms with Gasteiger partial charge in [-0.15, -0.1) is 11.3 Å². The van der Waals surface area contributed by atoms with E-state index in [0.29, 0.717) is 21.5 Å². The molecule has 2 aromatic carbocycles. The zero-order valence-corrected chi connectivity index (χ0v) is 15.7. The molecule has 25 heavy (non-hydrogen) atoms. The molecule has 4 nitrogen and oxygen atoms in total. The SMILES string of the molecule is COc1ccc(Cl)cc1C(=O)Nc1nc(-c2ccc(C)c(C)c2)cs1. The largest absolute Gasteiger partial charge is 0.496 e. The maximum Gasteiger partial charge on any atom is 0.261 e. The predicted molar refractivity (Wildman–Crippen MR) is 103 cm³/mol. The van der Waals surface area contributed by atoms with E-state index < -0.39 is 0 Å². The van der Waals surface area contributed by atoms with E-state index in [2.05, 4.69) is 36.3 Å². The number of hydrogen-bond acceptors (Lipinski definition) is 4. The van der Waals surface area contributed by atoms with Crippen LogP contribution in [0.15, 0.2) is 41.8 Å². The summed E-state index contributed by atoms with van der Waals surface area (Å²) in [6.07, 6.45) is 0. The third-order valence-electron chi connectivity index (χ3n) is 3.93. The van der Waals surface area contributed by atoms with Gasteiger partial charge in [-0.2, -0.15) is 0 Å². The van der Waals surface area contributed by atoms with E-state index in [-0.39, 0.29) is 5.91 Å². The van der Waals surface area contributed by atoms with E-state index in [9.17, 15) is 4.79 Å². The van der Waals surface area contributed by atoms with Crippen molar-refractivity contribution in [3.8, 4) is 17.0 Å². The van der Waals surface area contributed by atoms with Gasteiger partial charge in [-0.1, -0.05) is 23.7 Å². The highest BCUT2D eigenvalue weighted by Crippen LogP contribution is 2.28. The van der Waals surface area contributed by atoms with Gasteiger partial charge in [0, 0.05) is 16.0 Å². The molecule has 0 unspecified atom stereocenters. The molecule has 0 atom stereocenters. The van der Waals surface area contributed by atoms with Crippen molar-refractivity contribution in [2.75, 3.05) is 12.4 Å². The Labute approximate surface area is 155 Å². The van der Waals surface area contributed by atoms with Gasteiger partial charge in [0.05, 0.1) is 18.4 Å². The molecule has 3 aromatic rings. The summed E-state index contributed by atoms with van der Waals surface area (Å²) in [4.78, 5) is 17.0. The van der Waals surface area contributed by atoms with Crippen molar-refractivity contribution in [3.05, 3.63) is 63.5 Å². The fourth-order valence-corrected chi connectivity index (χ4v) is 3.27. The van der Waals surface area contributed by atoms with Crippen LogP contribution >= 0.6 is 22.9 Å². The number of nitrogens with zero attached hydrogens (tertiary/aromatic N) is 1. The minimum atomic E-state index is -0.305. The molecular weight excluding hydrogens is 356 g/mol. The third-order valence-corrected chi connectivity index (χ3v) is 4.93. The van der Waals surface area contributed by atoms with E-state index in [1.807, 2.05) is 11.4 Å². The second kappa shape index (κ2) is 7.25. The fourth-order valence-electron chi connectivity index (χ4n) is 2.39. The van der Waals surface area contributed by atoms with E-state index in [1.165, 1.54) is 29.6 Å². The average Bonchev–Trinajstić information content (AvgIpc) is 3.05. The molecule has 0 aliphatic rings. The first-order chi connectivity index (χ1) is 12.0. The number of hydrogen-bond donors (Lipinski definition) is 1. The lowest BCUT2D eigenvalue weighted by atomic mass is 10.1. The molecule has 1 heterocycles. The van der Waals surface area contributed by atoms with Crippen LogP contribution in [-0.2, 0) is 0 Å². The van der Waals surface area contributed by atoms with Gasteiger partial charge in [-0.3, -0.25) is 10.1 Å². The molecule has 1 N–H and O–H groups in total. The van der Waals surface area contributed by atoms with Crippen molar-refractivity contribution in [2.24, 2.45) is 0 Å². The van der Waals surface area contributed by atoms with Gasteiger partial charge in [0.15, 0.2) is 5.13 Å². The lowest BCUT2D eigenvalue weighted by Crippen LogP contribution is -2.13. The molecule has 3 rings (SSSR count). The highest BCUT2D eigenvalue weighted by atomic mass is 35.5. The van der Waals surface area contributed by atoms with Crippen LogP contribution in [0.25, 0.3) is 11.3 Å². The van der Waals surface area contributed by atoms with Crippen molar-refractivity contribution in [1.29, 1.82) is 0 Å². The molecule has 1 aromatic heterocycles. The maximum absolute atomic E-state index is 12.5.